The second-order valence-electron chi connectivity index (χ2n) is 4.36. The van der Waals surface area contributed by atoms with E-state index in [2.05, 4.69) is 0 Å². The number of ether oxygens (including phenoxy) is 2. The van der Waals surface area contributed by atoms with Crippen LogP contribution >= 0.6 is 0 Å². The van der Waals surface area contributed by atoms with Crippen molar-refractivity contribution in [3.05, 3.63) is 12.2 Å². The summed E-state index contributed by atoms with van der Waals surface area (Å²) in [6.07, 6.45) is 4.87. The van der Waals surface area contributed by atoms with Gasteiger partial charge in [0.15, 0.2) is 0 Å². The highest BCUT2D eigenvalue weighted by molar-refractivity contribution is 5.89. The number of hydrogen-bond acceptors (Lipinski definition) is 6. The Morgan fingerprint density at radius 2 is 1.14 bits per heavy atom. The highest BCUT2D eigenvalue weighted by atomic mass is 16.5. The van der Waals surface area contributed by atoms with E-state index in [0.717, 1.165) is 12.8 Å². The van der Waals surface area contributed by atoms with Crippen LogP contribution in [0.1, 0.15) is 38.5 Å². The van der Waals surface area contributed by atoms with Crippen molar-refractivity contribution in [3.8, 4) is 0 Å². The van der Waals surface area contributed by atoms with Gasteiger partial charge in [-0.25, -0.2) is 9.59 Å². The van der Waals surface area contributed by atoms with Crippen molar-refractivity contribution in [2.75, 3.05) is 13.2 Å². The summed E-state index contributed by atoms with van der Waals surface area (Å²) >= 11 is 0. The minimum Gasteiger partial charge on any atom is -0.478 e. The molecule has 1 aliphatic rings. The fourth-order valence-electron chi connectivity index (χ4n) is 1.40. The smallest absolute Gasteiger partial charge is 0.328 e. The predicted molar refractivity (Wildman–Crippen MR) is 74.0 cm³/mol. The Balaban J connectivity index is 0.000000472. The summed E-state index contributed by atoms with van der Waals surface area (Å²) < 4.78 is 9.92. The van der Waals surface area contributed by atoms with E-state index in [1.165, 1.54) is 0 Å². The number of rotatable bonds is 2. The summed E-state index contributed by atoms with van der Waals surface area (Å²) in [5.41, 5.74) is 0. The number of carboxylic acid groups (broad SMARTS) is 2. The lowest BCUT2D eigenvalue weighted by Gasteiger charge is -2.08. The van der Waals surface area contributed by atoms with Crippen molar-refractivity contribution in [2.24, 2.45) is 0 Å². The Bertz CT molecular complexity index is 375. The van der Waals surface area contributed by atoms with Crippen LogP contribution in [0.15, 0.2) is 12.2 Å². The van der Waals surface area contributed by atoms with E-state index in [1.54, 1.807) is 0 Å². The van der Waals surface area contributed by atoms with Gasteiger partial charge in [0.1, 0.15) is 0 Å². The van der Waals surface area contributed by atoms with Gasteiger partial charge in [0.2, 0.25) is 0 Å². The van der Waals surface area contributed by atoms with Gasteiger partial charge in [0.05, 0.1) is 13.2 Å². The topological polar surface area (TPSA) is 127 Å². The second-order valence-corrected chi connectivity index (χ2v) is 4.36. The fourth-order valence-corrected chi connectivity index (χ4v) is 1.40. The first-order valence-electron chi connectivity index (χ1n) is 6.87. The van der Waals surface area contributed by atoms with Gasteiger partial charge < -0.3 is 19.7 Å². The molecule has 0 amide bonds. The molecular formula is C14H20O8. The molecule has 0 bridgehead atoms. The molecule has 1 fully saturated rings. The Kier molecular flexibility index (Phi) is 11.0. The van der Waals surface area contributed by atoms with Gasteiger partial charge >= 0.3 is 23.9 Å². The van der Waals surface area contributed by atoms with Crippen molar-refractivity contribution >= 4 is 23.9 Å². The van der Waals surface area contributed by atoms with E-state index in [-0.39, 0.29) is 11.9 Å². The highest BCUT2D eigenvalue weighted by Gasteiger charge is 2.07. The zero-order chi connectivity index (χ0) is 16.8. The van der Waals surface area contributed by atoms with Crippen LogP contribution in [0.25, 0.3) is 0 Å². The SMILES string of the molecule is O=C(O)C=CC(=O)O.O=C1CCCCC(=O)OCCCCO1. The second kappa shape index (κ2) is 12.4. The molecule has 0 aromatic heterocycles. The molecule has 0 spiro atoms. The Labute approximate surface area is 127 Å². The van der Waals surface area contributed by atoms with Crippen molar-refractivity contribution in [1.29, 1.82) is 0 Å². The zero-order valence-corrected chi connectivity index (χ0v) is 12.2. The standard InChI is InChI=1S/C10H16O4.C4H4O4/c11-9-5-1-2-6-10(12)14-8-4-3-7-13-9;5-3(6)1-2-4(7)8/h1-8H2;1-2H,(H,5,6)(H,7,8). The van der Waals surface area contributed by atoms with Gasteiger partial charge in [-0.1, -0.05) is 0 Å². The molecule has 0 unspecified atom stereocenters. The summed E-state index contributed by atoms with van der Waals surface area (Å²) in [4.78, 5) is 41.2. The minimum absolute atomic E-state index is 0.154. The summed E-state index contributed by atoms with van der Waals surface area (Å²) in [6.45, 7) is 0.882. The van der Waals surface area contributed by atoms with Gasteiger partial charge in [-0.2, -0.15) is 0 Å². The third-order valence-electron chi connectivity index (χ3n) is 2.45. The minimum atomic E-state index is -1.26. The predicted octanol–water partition coefficient (Wildman–Crippen LogP) is 1.14. The quantitative estimate of drug-likeness (QED) is 0.573. The number of cyclic esters (lactones) is 2. The first kappa shape index (κ1) is 19.6. The molecule has 1 saturated heterocycles. The molecule has 1 rings (SSSR count). The number of carbonyl (C=O) groups excluding carboxylic acids is 2. The van der Waals surface area contributed by atoms with E-state index in [1.807, 2.05) is 0 Å². The molecule has 1 aliphatic heterocycles. The van der Waals surface area contributed by atoms with Crippen LogP contribution in [0, 0.1) is 0 Å². The van der Waals surface area contributed by atoms with Crippen molar-refractivity contribution in [1.82, 2.24) is 0 Å². The van der Waals surface area contributed by atoms with Gasteiger partial charge in [0, 0.05) is 25.0 Å². The van der Waals surface area contributed by atoms with Crippen LogP contribution in [0.3, 0.4) is 0 Å². The lowest BCUT2D eigenvalue weighted by Crippen LogP contribution is -2.11. The number of esters is 2. The molecule has 2 N–H and O–H groups in total. The first-order chi connectivity index (χ1) is 10.4. The van der Waals surface area contributed by atoms with Gasteiger partial charge in [-0.15, -0.1) is 0 Å². The maximum absolute atomic E-state index is 11.0. The normalized spacial score (nSPS) is 17.1. The molecule has 0 radical (unpaired) electrons. The lowest BCUT2D eigenvalue weighted by molar-refractivity contribution is -0.147. The van der Waals surface area contributed by atoms with E-state index < -0.39 is 11.9 Å². The van der Waals surface area contributed by atoms with Crippen LogP contribution in [0.5, 0.6) is 0 Å². The van der Waals surface area contributed by atoms with Crippen LogP contribution < -0.4 is 0 Å². The monoisotopic (exact) mass is 316 g/mol. The summed E-state index contributed by atoms with van der Waals surface area (Å²) in [7, 11) is 0. The first-order valence-corrected chi connectivity index (χ1v) is 6.87. The van der Waals surface area contributed by atoms with Crippen LogP contribution in [0.2, 0.25) is 0 Å². The maximum atomic E-state index is 11.0. The summed E-state index contributed by atoms with van der Waals surface area (Å²) in [6, 6.07) is 0. The van der Waals surface area contributed by atoms with Gasteiger partial charge in [0.25, 0.3) is 0 Å². The number of aliphatic carboxylic acids is 2. The Morgan fingerprint density at radius 3 is 1.45 bits per heavy atom. The molecule has 1 heterocycles. The van der Waals surface area contributed by atoms with E-state index >= 15 is 0 Å². The van der Waals surface area contributed by atoms with Crippen molar-refractivity contribution < 1.29 is 38.9 Å². The van der Waals surface area contributed by atoms with E-state index in [9.17, 15) is 19.2 Å². The van der Waals surface area contributed by atoms with Crippen molar-refractivity contribution in [2.45, 2.75) is 38.5 Å². The molecule has 8 heteroatoms. The van der Waals surface area contributed by atoms with Crippen LogP contribution in [-0.4, -0.2) is 47.3 Å². The molecule has 0 aromatic carbocycles. The average molecular weight is 316 g/mol. The molecule has 0 atom stereocenters. The summed E-state index contributed by atoms with van der Waals surface area (Å²) in [5, 5.41) is 15.6. The van der Waals surface area contributed by atoms with Crippen LogP contribution in [-0.2, 0) is 28.7 Å². The zero-order valence-electron chi connectivity index (χ0n) is 12.2. The van der Waals surface area contributed by atoms with Gasteiger partial charge in [-0.05, 0) is 25.7 Å². The fraction of sp³-hybridized carbons (Fsp3) is 0.571. The number of carbonyl (C=O) groups is 4. The lowest BCUT2D eigenvalue weighted by atomic mass is 10.2. The molecule has 0 aliphatic carbocycles. The molecule has 0 aromatic rings. The average Bonchev–Trinajstić information content (AvgIpc) is 2.44. The number of carboxylic acids is 2. The maximum Gasteiger partial charge on any atom is 0.328 e. The Morgan fingerprint density at radius 1 is 0.773 bits per heavy atom. The third kappa shape index (κ3) is 14.0. The third-order valence-corrected chi connectivity index (χ3v) is 2.45. The van der Waals surface area contributed by atoms with E-state index in [4.69, 9.17) is 19.7 Å². The molecular weight excluding hydrogens is 296 g/mol. The number of hydrogen-bond donors (Lipinski definition) is 2. The molecule has 124 valence electrons. The molecule has 0 saturated carbocycles. The Hall–Kier alpha value is -2.38. The highest BCUT2D eigenvalue weighted by Crippen LogP contribution is 2.05. The summed E-state index contributed by atoms with van der Waals surface area (Å²) in [5.74, 6) is -2.82. The van der Waals surface area contributed by atoms with Gasteiger partial charge in [-0.3, -0.25) is 9.59 Å². The van der Waals surface area contributed by atoms with Crippen molar-refractivity contribution in [3.63, 3.8) is 0 Å². The molecule has 22 heavy (non-hydrogen) atoms. The molecule has 8 nitrogen and oxygen atoms in total. The van der Waals surface area contributed by atoms with E-state index in [0.29, 0.717) is 51.0 Å². The largest absolute Gasteiger partial charge is 0.478 e. The van der Waals surface area contributed by atoms with Crippen LogP contribution in [0.4, 0.5) is 0 Å².